The van der Waals surface area contributed by atoms with Crippen molar-refractivity contribution in [1.29, 1.82) is 0 Å². The molecule has 0 spiro atoms. The molecule has 0 aliphatic carbocycles. The topological polar surface area (TPSA) is 84.9 Å². The quantitative estimate of drug-likeness (QED) is 0.779. The molecule has 2 aromatic rings. The molecule has 0 saturated heterocycles. The average Bonchev–Trinajstić information content (AvgIpc) is 2.99. The predicted molar refractivity (Wildman–Crippen MR) is 82.2 cm³/mol. The standard InChI is InChI=1S/C15H15NO5S/c17-14(9-20-10-15(18)19)16-11-3-5-12(6-4-11)21-8-13-2-1-7-22-13/h1-7H,8-10H2,(H,16,17)(H,18,19). The molecule has 1 aromatic carbocycles. The minimum Gasteiger partial charge on any atom is -0.488 e. The van der Waals surface area contributed by atoms with Gasteiger partial charge in [-0.1, -0.05) is 6.07 Å². The molecule has 0 saturated carbocycles. The summed E-state index contributed by atoms with van der Waals surface area (Å²) in [7, 11) is 0. The highest BCUT2D eigenvalue weighted by Gasteiger charge is 2.05. The van der Waals surface area contributed by atoms with Crippen molar-refractivity contribution >= 4 is 28.9 Å². The van der Waals surface area contributed by atoms with Crippen LogP contribution in [0.25, 0.3) is 0 Å². The third kappa shape index (κ3) is 5.55. The van der Waals surface area contributed by atoms with Gasteiger partial charge in [-0.2, -0.15) is 0 Å². The van der Waals surface area contributed by atoms with Gasteiger partial charge < -0.3 is 19.9 Å². The van der Waals surface area contributed by atoms with Crippen LogP contribution >= 0.6 is 11.3 Å². The Bertz CT molecular complexity index is 609. The van der Waals surface area contributed by atoms with E-state index in [2.05, 4.69) is 5.32 Å². The lowest BCUT2D eigenvalue weighted by Crippen LogP contribution is -2.20. The second kappa shape index (κ2) is 8.16. The molecule has 7 heteroatoms. The van der Waals surface area contributed by atoms with Gasteiger partial charge in [0.2, 0.25) is 5.91 Å². The van der Waals surface area contributed by atoms with E-state index in [1.165, 1.54) is 0 Å². The zero-order chi connectivity index (χ0) is 15.8. The number of nitrogens with one attached hydrogen (secondary N) is 1. The number of anilines is 1. The number of aliphatic carboxylic acids is 1. The van der Waals surface area contributed by atoms with E-state index in [0.29, 0.717) is 18.0 Å². The Kier molecular flexibility index (Phi) is 5.93. The molecule has 0 aliphatic rings. The van der Waals surface area contributed by atoms with Crippen molar-refractivity contribution in [3.05, 3.63) is 46.7 Å². The zero-order valence-corrected chi connectivity index (χ0v) is 12.5. The summed E-state index contributed by atoms with van der Waals surface area (Å²) in [5, 5.41) is 13.0. The fourth-order valence-corrected chi connectivity index (χ4v) is 2.23. The molecule has 6 nitrogen and oxygen atoms in total. The summed E-state index contributed by atoms with van der Waals surface area (Å²) in [4.78, 5) is 22.9. The molecule has 0 fully saturated rings. The Hall–Kier alpha value is -2.38. The normalized spacial score (nSPS) is 10.2. The number of hydrogen-bond acceptors (Lipinski definition) is 5. The van der Waals surface area contributed by atoms with Crippen molar-refractivity contribution in [3.8, 4) is 5.75 Å². The monoisotopic (exact) mass is 321 g/mol. The molecule has 0 radical (unpaired) electrons. The van der Waals surface area contributed by atoms with Gasteiger partial charge in [0.25, 0.3) is 0 Å². The van der Waals surface area contributed by atoms with Gasteiger partial charge >= 0.3 is 5.97 Å². The number of ether oxygens (including phenoxy) is 2. The Morgan fingerprint density at radius 2 is 1.91 bits per heavy atom. The fraction of sp³-hybridized carbons (Fsp3) is 0.200. The van der Waals surface area contributed by atoms with E-state index in [-0.39, 0.29) is 6.61 Å². The summed E-state index contributed by atoms with van der Waals surface area (Å²) in [5.74, 6) is -0.818. The molecule has 0 atom stereocenters. The van der Waals surface area contributed by atoms with Gasteiger partial charge in [-0.3, -0.25) is 4.79 Å². The maximum atomic E-state index is 11.5. The molecule has 116 valence electrons. The number of carboxylic acids is 1. The number of thiophene rings is 1. The van der Waals surface area contributed by atoms with Crippen LogP contribution in [0, 0.1) is 0 Å². The Balaban J connectivity index is 1.76. The van der Waals surface area contributed by atoms with Gasteiger partial charge in [-0.25, -0.2) is 4.79 Å². The number of carboxylic acid groups (broad SMARTS) is 1. The summed E-state index contributed by atoms with van der Waals surface area (Å²) >= 11 is 1.63. The van der Waals surface area contributed by atoms with Crippen LogP contribution in [-0.4, -0.2) is 30.2 Å². The van der Waals surface area contributed by atoms with Gasteiger partial charge in [-0.05, 0) is 35.7 Å². The van der Waals surface area contributed by atoms with Gasteiger partial charge in [0.15, 0.2) is 0 Å². The average molecular weight is 321 g/mol. The van der Waals surface area contributed by atoms with Gasteiger partial charge in [0, 0.05) is 10.6 Å². The van der Waals surface area contributed by atoms with Crippen LogP contribution in [0.1, 0.15) is 4.88 Å². The maximum absolute atomic E-state index is 11.5. The minimum atomic E-state index is -1.11. The van der Waals surface area contributed by atoms with E-state index in [4.69, 9.17) is 14.6 Å². The predicted octanol–water partition coefficient (Wildman–Crippen LogP) is 2.37. The van der Waals surface area contributed by atoms with Crippen molar-refractivity contribution in [1.82, 2.24) is 0 Å². The van der Waals surface area contributed by atoms with E-state index in [1.54, 1.807) is 35.6 Å². The number of carbonyl (C=O) groups is 2. The van der Waals surface area contributed by atoms with Gasteiger partial charge in [0.05, 0.1) is 0 Å². The third-order valence-electron chi connectivity index (χ3n) is 2.56. The lowest BCUT2D eigenvalue weighted by molar-refractivity contribution is -0.143. The van der Waals surface area contributed by atoms with Crippen LogP contribution < -0.4 is 10.1 Å². The van der Waals surface area contributed by atoms with Crippen LogP contribution in [0.4, 0.5) is 5.69 Å². The Morgan fingerprint density at radius 1 is 1.14 bits per heavy atom. The first-order chi connectivity index (χ1) is 10.6. The van der Waals surface area contributed by atoms with Crippen LogP contribution in [0.15, 0.2) is 41.8 Å². The molecule has 1 heterocycles. The van der Waals surface area contributed by atoms with Crippen LogP contribution in [0.3, 0.4) is 0 Å². The van der Waals surface area contributed by atoms with Crippen molar-refractivity contribution in [2.24, 2.45) is 0 Å². The fourth-order valence-electron chi connectivity index (χ4n) is 1.61. The number of hydrogen-bond donors (Lipinski definition) is 2. The van der Waals surface area contributed by atoms with Crippen LogP contribution in [-0.2, 0) is 20.9 Å². The minimum absolute atomic E-state index is 0.303. The Labute approximate surface area is 131 Å². The highest BCUT2D eigenvalue weighted by molar-refractivity contribution is 7.09. The molecule has 2 N–H and O–H groups in total. The first-order valence-electron chi connectivity index (χ1n) is 6.48. The van der Waals surface area contributed by atoms with E-state index in [1.807, 2.05) is 17.5 Å². The second-order valence-corrected chi connectivity index (χ2v) is 5.36. The largest absolute Gasteiger partial charge is 0.488 e. The van der Waals surface area contributed by atoms with E-state index in [0.717, 1.165) is 4.88 Å². The number of rotatable bonds is 8. The SMILES string of the molecule is O=C(O)COCC(=O)Nc1ccc(OCc2cccs2)cc1. The molecule has 1 aromatic heterocycles. The summed E-state index contributed by atoms with van der Waals surface area (Å²) in [6.45, 7) is -0.293. The van der Waals surface area contributed by atoms with Gasteiger partial charge in [0.1, 0.15) is 25.6 Å². The molecule has 2 rings (SSSR count). The van der Waals surface area contributed by atoms with E-state index < -0.39 is 18.5 Å². The van der Waals surface area contributed by atoms with Crippen LogP contribution in [0.5, 0.6) is 5.75 Å². The maximum Gasteiger partial charge on any atom is 0.329 e. The first-order valence-corrected chi connectivity index (χ1v) is 7.36. The van der Waals surface area contributed by atoms with Gasteiger partial charge in [-0.15, -0.1) is 11.3 Å². The molecule has 0 aliphatic heterocycles. The molecular weight excluding hydrogens is 306 g/mol. The molecule has 22 heavy (non-hydrogen) atoms. The first kappa shape index (κ1) is 16.0. The smallest absolute Gasteiger partial charge is 0.329 e. The third-order valence-corrected chi connectivity index (χ3v) is 3.41. The van der Waals surface area contributed by atoms with E-state index >= 15 is 0 Å². The zero-order valence-electron chi connectivity index (χ0n) is 11.7. The number of carbonyl (C=O) groups excluding carboxylic acids is 1. The lowest BCUT2D eigenvalue weighted by Gasteiger charge is -2.07. The molecule has 0 bridgehead atoms. The van der Waals surface area contributed by atoms with Crippen molar-refractivity contribution in [3.63, 3.8) is 0 Å². The van der Waals surface area contributed by atoms with Crippen molar-refractivity contribution in [2.75, 3.05) is 18.5 Å². The molecule has 1 amide bonds. The highest BCUT2D eigenvalue weighted by atomic mass is 32.1. The number of amides is 1. The second-order valence-electron chi connectivity index (χ2n) is 4.33. The highest BCUT2D eigenvalue weighted by Crippen LogP contribution is 2.18. The molecular formula is C15H15NO5S. The van der Waals surface area contributed by atoms with Crippen LogP contribution in [0.2, 0.25) is 0 Å². The summed E-state index contributed by atoms with van der Waals surface area (Å²) < 4.78 is 10.3. The summed E-state index contributed by atoms with van der Waals surface area (Å²) in [6.07, 6.45) is 0. The Morgan fingerprint density at radius 3 is 2.55 bits per heavy atom. The van der Waals surface area contributed by atoms with Crippen molar-refractivity contribution < 1.29 is 24.2 Å². The lowest BCUT2D eigenvalue weighted by atomic mass is 10.3. The molecule has 0 unspecified atom stereocenters. The summed E-state index contributed by atoms with van der Waals surface area (Å²) in [6, 6.07) is 10.9. The van der Waals surface area contributed by atoms with Crippen molar-refractivity contribution in [2.45, 2.75) is 6.61 Å². The summed E-state index contributed by atoms with van der Waals surface area (Å²) in [5.41, 5.74) is 0.590. The number of benzene rings is 1. The van der Waals surface area contributed by atoms with E-state index in [9.17, 15) is 9.59 Å².